The van der Waals surface area contributed by atoms with Gasteiger partial charge in [0.1, 0.15) is 6.67 Å². The summed E-state index contributed by atoms with van der Waals surface area (Å²) in [6.45, 7) is 0.954. The number of hydrogen-bond donors (Lipinski definition) is 1. The molecule has 35 heavy (non-hydrogen) atoms. The molecule has 3 aromatic rings. The zero-order valence-electron chi connectivity index (χ0n) is 20.0. The van der Waals surface area contributed by atoms with Crippen LogP contribution in [0.15, 0.2) is 53.3 Å². The number of carbonyl (C=O) groups is 2. The molecule has 0 radical (unpaired) electrons. The number of hydrogen-bond acceptors (Lipinski definition) is 3. The molecule has 0 saturated heterocycles. The van der Waals surface area contributed by atoms with Crippen LogP contribution in [0.2, 0.25) is 0 Å². The molecule has 6 nitrogen and oxygen atoms in total. The highest BCUT2D eigenvalue weighted by molar-refractivity contribution is 5.97. The van der Waals surface area contributed by atoms with Crippen molar-refractivity contribution in [2.75, 3.05) is 0 Å². The van der Waals surface area contributed by atoms with Gasteiger partial charge in [-0.05, 0) is 36.0 Å². The van der Waals surface area contributed by atoms with Crippen LogP contribution in [0.5, 0.6) is 0 Å². The third-order valence-corrected chi connectivity index (χ3v) is 6.92. The molecule has 184 valence electrons. The summed E-state index contributed by atoms with van der Waals surface area (Å²) in [5.41, 5.74) is 1.81. The molecule has 0 spiro atoms. The van der Waals surface area contributed by atoms with E-state index in [1.807, 2.05) is 37.3 Å². The van der Waals surface area contributed by atoms with Crippen LogP contribution in [-0.4, -0.2) is 26.1 Å². The minimum absolute atomic E-state index is 0.0472. The van der Waals surface area contributed by atoms with E-state index < -0.39 is 18.3 Å². The molecule has 2 aromatic carbocycles. The van der Waals surface area contributed by atoms with Crippen molar-refractivity contribution in [2.24, 2.45) is 5.92 Å². The highest BCUT2D eigenvalue weighted by Crippen LogP contribution is 2.29. The summed E-state index contributed by atoms with van der Waals surface area (Å²) in [4.78, 5) is 39.2. The second-order valence-corrected chi connectivity index (χ2v) is 9.17. The average molecular weight is 479 g/mol. The van der Waals surface area contributed by atoms with Gasteiger partial charge in [-0.25, -0.2) is 18.5 Å². The van der Waals surface area contributed by atoms with Gasteiger partial charge < -0.3 is 5.11 Å². The van der Waals surface area contributed by atoms with E-state index in [0.29, 0.717) is 42.5 Å². The van der Waals surface area contributed by atoms with Gasteiger partial charge in [0.05, 0.1) is 17.8 Å². The van der Waals surface area contributed by atoms with Crippen LogP contribution in [0.4, 0.5) is 4.39 Å². The van der Waals surface area contributed by atoms with Gasteiger partial charge in [-0.15, -0.1) is 0 Å². The van der Waals surface area contributed by atoms with Crippen LogP contribution >= 0.6 is 0 Å². The molecule has 7 heteroatoms. The fourth-order valence-corrected chi connectivity index (χ4v) is 5.22. The average Bonchev–Trinajstić information content (AvgIpc) is 3.14. The van der Waals surface area contributed by atoms with Gasteiger partial charge in [0.15, 0.2) is 0 Å². The number of halogens is 1. The third-order valence-electron chi connectivity index (χ3n) is 6.92. The molecular formula is C28H31FN2O4. The van der Waals surface area contributed by atoms with E-state index in [1.165, 1.54) is 4.57 Å². The van der Waals surface area contributed by atoms with Crippen molar-refractivity contribution in [1.29, 1.82) is 0 Å². The van der Waals surface area contributed by atoms with Crippen LogP contribution in [0.3, 0.4) is 0 Å². The second kappa shape index (κ2) is 10.8. The zero-order valence-corrected chi connectivity index (χ0v) is 20.0. The van der Waals surface area contributed by atoms with Crippen molar-refractivity contribution in [2.45, 2.75) is 65.1 Å². The van der Waals surface area contributed by atoms with Gasteiger partial charge >= 0.3 is 11.7 Å². The topological polar surface area (TPSA) is 81.3 Å². The Morgan fingerprint density at radius 1 is 1.00 bits per heavy atom. The number of alkyl halides is 1. The molecule has 0 bridgehead atoms. The first kappa shape index (κ1) is 24.6. The number of aromatic carboxylic acids is 1. The molecule has 1 aromatic heterocycles. The number of rotatable bonds is 8. The summed E-state index contributed by atoms with van der Waals surface area (Å²) >= 11 is 0. The Bertz CT molecular complexity index is 1270. The van der Waals surface area contributed by atoms with Crippen LogP contribution in [0.25, 0.3) is 11.1 Å². The van der Waals surface area contributed by atoms with Gasteiger partial charge in [-0.3, -0.25) is 9.36 Å². The van der Waals surface area contributed by atoms with Crippen LogP contribution < -0.4 is 5.69 Å². The summed E-state index contributed by atoms with van der Waals surface area (Å²) < 4.78 is 16.7. The maximum absolute atomic E-state index is 14.3. The first-order valence-electron chi connectivity index (χ1n) is 12.3. The van der Waals surface area contributed by atoms with E-state index in [1.54, 1.807) is 18.2 Å². The SMILES string of the molecule is CCCc1c(CF)n(C(=O)C2CCCCC2)c(=O)n1Cc1cccc(-c2ccccc2)c1C(=O)O. The second-order valence-electron chi connectivity index (χ2n) is 9.17. The van der Waals surface area contributed by atoms with E-state index in [0.717, 1.165) is 29.4 Å². The van der Waals surface area contributed by atoms with Crippen molar-refractivity contribution in [3.05, 3.63) is 81.5 Å². The molecular weight excluding hydrogens is 447 g/mol. The van der Waals surface area contributed by atoms with Crippen molar-refractivity contribution in [3.63, 3.8) is 0 Å². The van der Waals surface area contributed by atoms with Gasteiger partial charge in [0.2, 0.25) is 5.91 Å². The number of carboxylic acids is 1. The van der Waals surface area contributed by atoms with Crippen LogP contribution in [0, 0.1) is 5.92 Å². The smallest absolute Gasteiger partial charge is 0.336 e. The number of carboxylic acid groups (broad SMARTS) is 1. The minimum atomic E-state index is -1.10. The fraction of sp³-hybridized carbons (Fsp3) is 0.393. The standard InChI is InChI=1S/C28H31FN2O4/c1-2-10-23-24(17-29)31(26(32)20-13-7-4-8-14-20)28(35)30(23)18-21-15-9-16-22(25(21)27(33)34)19-11-5-3-6-12-19/h3,5-6,9,11-12,15-16,20H,2,4,7-8,10,13-14,17-18H2,1H3,(H,33,34). The first-order valence-corrected chi connectivity index (χ1v) is 12.3. The summed E-state index contributed by atoms with van der Waals surface area (Å²) in [7, 11) is 0. The monoisotopic (exact) mass is 478 g/mol. The molecule has 1 aliphatic carbocycles. The molecule has 1 aliphatic rings. The number of imidazole rings is 1. The van der Waals surface area contributed by atoms with Crippen LogP contribution in [0.1, 0.15) is 77.6 Å². The van der Waals surface area contributed by atoms with Gasteiger partial charge in [0.25, 0.3) is 0 Å². The molecule has 0 atom stereocenters. The third kappa shape index (κ3) is 4.85. The number of benzene rings is 2. The Morgan fingerprint density at radius 3 is 2.34 bits per heavy atom. The summed E-state index contributed by atoms with van der Waals surface area (Å²) in [5, 5.41) is 10.1. The van der Waals surface area contributed by atoms with E-state index in [9.17, 15) is 23.9 Å². The van der Waals surface area contributed by atoms with Gasteiger partial charge in [0, 0.05) is 11.6 Å². The van der Waals surface area contributed by atoms with E-state index in [2.05, 4.69) is 0 Å². The Balaban J connectivity index is 1.84. The Labute approximate surface area is 204 Å². The maximum Gasteiger partial charge on any atom is 0.336 e. The van der Waals surface area contributed by atoms with Crippen molar-refractivity contribution < 1.29 is 19.1 Å². The number of carbonyl (C=O) groups excluding carboxylic acids is 1. The predicted molar refractivity (Wildman–Crippen MR) is 133 cm³/mol. The predicted octanol–water partition coefficient (Wildman–Crippen LogP) is 5.71. The number of aromatic nitrogens is 2. The van der Waals surface area contributed by atoms with Crippen molar-refractivity contribution >= 4 is 11.9 Å². The Hall–Kier alpha value is -3.48. The normalized spacial score (nSPS) is 14.2. The first-order chi connectivity index (χ1) is 17.0. The molecule has 1 N–H and O–H groups in total. The molecule has 0 unspecified atom stereocenters. The molecule has 0 aliphatic heterocycles. The quantitative estimate of drug-likeness (QED) is 0.450. The molecule has 1 heterocycles. The summed E-state index contributed by atoms with van der Waals surface area (Å²) in [6, 6.07) is 14.4. The highest BCUT2D eigenvalue weighted by Gasteiger charge is 2.30. The Morgan fingerprint density at radius 2 is 1.71 bits per heavy atom. The van der Waals surface area contributed by atoms with Gasteiger partial charge in [-0.2, -0.15) is 0 Å². The molecule has 1 saturated carbocycles. The van der Waals surface area contributed by atoms with Crippen LogP contribution in [-0.2, 0) is 19.6 Å². The van der Waals surface area contributed by atoms with E-state index in [-0.39, 0.29) is 29.6 Å². The lowest BCUT2D eigenvalue weighted by molar-refractivity contribution is 0.0695. The lowest BCUT2D eigenvalue weighted by atomic mass is 9.88. The van der Waals surface area contributed by atoms with Gasteiger partial charge in [-0.1, -0.05) is 81.1 Å². The lowest BCUT2D eigenvalue weighted by Gasteiger charge is -2.20. The molecule has 4 rings (SSSR count). The zero-order chi connectivity index (χ0) is 24.9. The Kier molecular flexibility index (Phi) is 7.63. The number of nitrogens with zero attached hydrogens (tertiary/aromatic N) is 2. The minimum Gasteiger partial charge on any atom is -0.478 e. The van der Waals surface area contributed by atoms with Crippen molar-refractivity contribution in [1.82, 2.24) is 9.13 Å². The fourth-order valence-electron chi connectivity index (χ4n) is 5.22. The lowest BCUT2D eigenvalue weighted by Crippen LogP contribution is -2.35. The van der Waals surface area contributed by atoms with E-state index in [4.69, 9.17) is 0 Å². The summed E-state index contributed by atoms with van der Waals surface area (Å²) in [5.74, 6) is -1.73. The largest absolute Gasteiger partial charge is 0.478 e. The molecule has 1 fully saturated rings. The maximum atomic E-state index is 14.3. The molecule has 0 amide bonds. The van der Waals surface area contributed by atoms with E-state index >= 15 is 0 Å². The highest BCUT2D eigenvalue weighted by atomic mass is 19.1. The van der Waals surface area contributed by atoms with Crippen molar-refractivity contribution in [3.8, 4) is 11.1 Å². The summed E-state index contributed by atoms with van der Waals surface area (Å²) in [6.07, 6.45) is 5.39.